The van der Waals surface area contributed by atoms with Crippen LogP contribution in [0.3, 0.4) is 0 Å². The molecule has 2 aromatic carbocycles. The molecule has 0 saturated heterocycles. The van der Waals surface area contributed by atoms with Gasteiger partial charge in [-0.2, -0.15) is 0 Å². The highest BCUT2D eigenvalue weighted by molar-refractivity contribution is 5.94. The second-order valence-electron chi connectivity index (χ2n) is 7.48. The lowest BCUT2D eigenvalue weighted by Gasteiger charge is -2.13. The molecule has 0 heterocycles. The molecule has 0 bridgehead atoms. The minimum atomic E-state index is -0.0382. The topological polar surface area (TPSA) is 85.8 Å². The van der Waals surface area contributed by atoms with E-state index in [-0.39, 0.29) is 11.8 Å². The Bertz CT molecular complexity index is 874. The van der Waals surface area contributed by atoms with E-state index in [9.17, 15) is 9.59 Å². The highest BCUT2D eigenvalue weighted by Crippen LogP contribution is 2.07. The van der Waals surface area contributed by atoms with Crippen LogP contribution in [-0.2, 0) is 13.1 Å². The van der Waals surface area contributed by atoms with E-state index in [1.807, 2.05) is 48.5 Å². The largest absolute Gasteiger partial charge is 0.352 e. The molecular weight excluding hydrogens is 390 g/mol. The summed E-state index contributed by atoms with van der Waals surface area (Å²) >= 11 is 0. The second-order valence-corrected chi connectivity index (χ2v) is 7.48. The van der Waals surface area contributed by atoms with Gasteiger partial charge in [0, 0.05) is 51.9 Å². The van der Waals surface area contributed by atoms with E-state index in [2.05, 4.69) is 27.9 Å². The van der Waals surface area contributed by atoms with Gasteiger partial charge < -0.3 is 20.9 Å². The van der Waals surface area contributed by atoms with Crippen LogP contribution in [0.25, 0.3) is 0 Å². The Kier molecular flexibility index (Phi) is 9.55. The van der Waals surface area contributed by atoms with Crippen molar-refractivity contribution in [2.75, 3.05) is 27.7 Å². The average molecular weight is 424 g/mol. The van der Waals surface area contributed by atoms with E-state index in [0.717, 1.165) is 24.0 Å². The Labute approximate surface area is 184 Å². The van der Waals surface area contributed by atoms with Gasteiger partial charge in [0.2, 0.25) is 0 Å². The molecule has 2 aromatic rings. The third-order valence-corrected chi connectivity index (χ3v) is 4.78. The van der Waals surface area contributed by atoms with E-state index >= 15 is 0 Å². The maximum absolute atomic E-state index is 12.1. The summed E-state index contributed by atoms with van der Waals surface area (Å²) in [7, 11) is 5.20. The quantitative estimate of drug-likeness (QED) is 0.329. The minimum absolute atomic E-state index is 0.0126. The van der Waals surface area contributed by atoms with Crippen LogP contribution in [-0.4, -0.2) is 50.4 Å². The second kappa shape index (κ2) is 12.4. The number of amides is 2. The van der Waals surface area contributed by atoms with Gasteiger partial charge in [0.1, 0.15) is 0 Å². The molecule has 0 spiro atoms. The molecule has 3 N–H and O–H groups in total. The van der Waals surface area contributed by atoms with Gasteiger partial charge in [-0.25, -0.2) is 0 Å². The van der Waals surface area contributed by atoms with Crippen LogP contribution in [0.15, 0.2) is 53.5 Å². The van der Waals surface area contributed by atoms with E-state index < -0.39 is 0 Å². The fraction of sp³-hybridized carbons (Fsp3) is 0.375. The Balaban J connectivity index is 1.82. The summed E-state index contributed by atoms with van der Waals surface area (Å²) in [6.45, 7) is 3.98. The lowest BCUT2D eigenvalue weighted by molar-refractivity contribution is 0.0827. The van der Waals surface area contributed by atoms with E-state index in [1.165, 1.54) is 0 Å². The summed E-state index contributed by atoms with van der Waals surface area (Å²) in [5.74, 6) is 0.625. The van der Waals surface area contributed by atoms with Crippen LogP contribution in [0.5, 0.6) is 0 Å². The Hall–Kier alpha value is -3.35. The van der Waals surface area contributed by atoms with E-state index in [4.69, 9.17) is 0 Å². The molecule has 0 atom stereocenters. The molecule has 0 aromatic heterocycles. The molecule has 7 nitrogen and oxygen atoms in total. The standard InChI is InChI=1S/C24H33N5O2/c1-5-6-15-26-22(30)20-11-7-18(8-12-20)16-27-24(25-2)28-17-19-9-13-21(14-10-19)23(31)29(3)4/h7-14H,5-6,15-17H2,1-4H3,(H,26,30)(H2,25,27,28). The third-order valence-electron chi connectivity index (χ3n) is 4.78. The number of nitrogens with zero attached hydrogens (tertiary/aromatic N) is 2. The predicted octanol–water partition coefficient (Wildman–Crippen LogP) is 2.78. The Morgan fingerprint density at radius 3 is 1.81 bits per heavy atom. The molecule has 2 amide bonds. The summed E-state index contributed by atoms with van der Waals surface area (Å²) < 4.78 is 0. The number of nitrogens with one attached hydrogen (secondary N) is 3. The van der Waals surface area contributed by atoms with E-state index in [0.29, 0.717) is 36.7 Å². The van der Waals surface area contributed by atoms with Crippen molar-refractivity contribution in [3.8, 4) is 0 Å². The Morgan fingerprint density at radius 2 is 1.35 bits per heavy atom. The monoisotopic (exact) mass is 423 g/mol. The highest BCUT2D eigenvalue weighted by Gasteiger charge is 2.08. The fourth-order valence-electron chi connectivity index (χ4n) is 2.87. The van der Waals surface area contributed by atoms with Crippen LogP contribution < -0.4 is 16.0 Å². The van der Waals surface area contributed by atoms with Crippen LogP contribution in [0.2, 0.25) is 0 Å². The number of hydrogen-bond acceptors (Lipinski definition) is 3. The summed E-state index contributed by atoms with van der Waals surface area (Å²) in [5, 5.41) is 9.46. The van der Waals surface area contributed by atoms with Crippen molar-refractivity contribution in [1.29, 1.82) is 0 Å². The first-order valence-electron chi connectivity index (χ1n) is 10.6. The molecule has 0 radical (unpaired) electrons. The number of carbonyl (C=O) groups is 2. The summed E-state index contributed by atoms with van der Waals surface area (Å²) in [6.07, 6.45) is 2.04. The van der Waals surface area contributed by atoms with Crippen molar-refractivity contribution in [1.82, 2.24) is 20.9 Å². The van der Waals surface area contributed by atoms with Gasteiger partial charge in [0.05, 0.1) is 0 Å². The van der Waals surface area contributed by atoms with Gasteiger partial charge in [-0.1, -0.05) is 37.6 Å². The SMILES string of the molecule is CCCCNC(=O)c1ccc(CNC(=NC)NCc2ccc(C(=O)N(C)C)cc2)cc1. The van der Waals surface area contributed by atoms with Gasteiger partial charge in [-0.15, -0.1) is 0 Å². The third kappa shape index (κ3) is 7.77. The highest BCUT2D eigenvalue weighted by atomic mass is 16.2. The van der Waals surface area contributed by atoms with Crippen molar-refractivity contribution in [2.24, 2.45) is 4.99 Å². The van der Waals surface area contributed by atoms with E-state index in [1.54, 1.807) is 26.0 Å². The number of carbonyl (C=O) groups excluding carboxylic acids is 2. The number of aliphatic imine (C=N–C) groups is 1. The first-order chi connectivity index (χ1) is 14.9. The van der Waals surface area contributed by atoms with Gasteiger partial charge >= 0.3 is 0 Å². The first kappa shape index (κ1) is 23.9. The lowest BCUT2D eigenvalue weighted by Crippen LogP contribution is -2.36. The van der Waals surface area contributed by atoms with Crippen molar-refractivity contribution in [3.63, 3.8) is 0 Å². The molecule has 0 saturated carbocycles. The maximum atomic E-state index is 12.1. The molecule has 31 heavy (non-hydrogen) atoms. The van der Waals surface area contributed by atoms with Crippen molar-refractivity contribution >= 4 is 17.8 Å². The normalized spacial score (nSPS) is 11.0. The Morgan fingerprint density at radius 1 is 0.839 bits per heavy atom. The smallest absolute Gasteiger partial charge is 0.253 e. The molecule has 0 aliphatic carbocycles. The zero-order valence-corrected chi connectivity index (χ0v) is 18.9. The first-order valence-corrected chi connectivity index (χ1v) is 10.6. The zero-order chi connectivity index (χ0) is 22.6. The molecule has 2 rings (SSSR count). The number of rotatable bonds is 9. The summed E-state index contributed by atoms with van der Waals surface area (Å²) in [6, 6.07) is 15.1. The number of hydrogen-bond donors (Lipinski definition) is 3. The van der Waals surface area contributed by atoms with Crippen molar-refractivity contribution in [3.05, 3.63) is 70.8 Å². The summed E-state index contributed by atoms with van der Waals surface area (Å²) in [4.78, 5) is 29.8. The molecule has 7 heteroatoms. The molecule has 0 unspecified atom stereocenters. The van der Waals surface area contributed by atoms with Gasteiger partial charge in [0.15, 0.2) is 5.96 Å². The van der Waals surface area contributed by atoms with Crippen molar-refractivity contribution < 1.29 is 9.59 Å². The van der Waals surface area contributed by atoms with Crippen LogP contribution in [0, 0.1) is 0 Å². The van der Waals surface area contributed by atoms with Gasteiger partial charge in [-0.3, -0.25) is 14.6 Å². The molecule has 166 valence electrons. The van der Waals surface area contributed by atoms with Crippen LogP contribution >= 0.6 is 0 Å². The zero-order valence-electron chi connectivity index (χ0n) is 18.9. The molecule has 0 aliphatic rings. The minimum Gasteiger partial charge on any atom is -0.352 e. The number of guanidine groups is 1. The summed E-state index contributed by atoms with van der Waals surface area (Å²) in [5.41, 5.74) is 3.44. The van der Waals surface area contributed by atoms with Crippen molar-refractivity contribution in [2.45, 2.75) is 32.9 Å². The van der Waals surface area contributed by atoms with Gasteiger partial charge in [-0.05, 0) is 41.8 Å². The lowest BCUT2D eigenvalue weighted by atomic mass is 10.1. The number of unbranched alkanes of at least 4 members (excludes halogenated alkanes) is 1. The molecular formula is C24H33N5O2. The van der Waals surface area contributed by atoms with Gasteiger partial charge in [0.25, 0.3) is 11.8 Å². The van der Waals surface area contributed by atoms with Crippen LogP contribution in [0.1, 0.15) is 51.6 Å². The maximum Gasteiger partial charge on any atom is 0.253 e. The van der Waals surface area contributed by atoms with Crippen LogP contribution in [0.4, 0.5) is 0 Å². The predicted molar refractivity (Wildman–Crippen MR) is 125 cm³/mol. The number of benzene rings is 2. The fourth-order valence-corrected chi connectivity index (χ4v) is 2.87. The molecule has 0 fully saturated rings. The average Bonchev–Trinajstić information content (AvgIpc) is 2.79. The molecule has 0 aliphatic heterocycles.